The number of carbonyl (C=O) groups is 3. The van der Waals surface area contributed by atoms with Crippen LogP contribution < -0.4 is 16.5 Å². The lowest BCUT2D eigenvalue weighted by atomic mass is 10.0. The van der Waals surface area contributed by atoms with E-state index in [9.17, 15) is 14.4 Å². The van der Waals surface area contributed by atoms with Crippen LogP contribution in [-0.2, 0) is 44.9 Å². The van der Waals surface area contributed by atoms with Gasteiger partial charge in [0.2, 0.25) is 5.91 Å². The van der Waals surface area contributed by atoms with Gasteiger partial charge in [0.1, 0.15) is 0 Å². The quantitative estimate of drug-likeness (QED) is 0.180. The molecule has 0 aliphatic carbocycles. The number of nitrogens with two attached hydrogens (primary N) is 1. The maximum absolute atomic E-state index is 12.2. The predicted molar refractivity (Wildman–Crippen MR) is 157 cm³/mol. The van der Waals surface area contributed by atoms with Gasteiger partial charge in [0.05, 0.1) is 12.5 Å². The van der Waals surface area contributed by atoms with Gasteiger partial charge < -0.3 is 15.9 Å². The van der Waals surface area contributed by atoms with E-state index in [4.69, 9.17) is 10.6 Å². The van der Waals surface area contributed by atoms with Crippen LogP contribution in [0.4, 0.5) is 0 Å². The van der Waals surface area contributed by atoms with E-state index in [1.54, 1.807) is 0 Å². The van der Waals surface area contributed by atoms with E-state index in [-0.39, 0.29) is 24.7 Å². The molecule has 0 saturated heterocycles. The molecule has 4 N–H and O–H groups in total. The summed E-state index contributed by atoms with van der Waals surface area (Å²) in [5.74, 6) is -1.02. The molecular formula is C33H41N3O4. The van der Waals surface area contributed by atoms with E-state index in [1.165, 1.54) is 11.1 Å². The fourth-order valence-corrected chi connectivity index (χ4v) is 4.39. The van der Waals surface area contributed by atoms with Crippen molar-refractivity contribution in [1.29, 1.82) is 0 Å². The third-order valence-corrected chi connectivity index (χ3v) is 6.68. The highest BCUT2D eigenvalue weighted by Gasteiger charge is 2.13. The molecule has 0 unspecified atom stereocenters. The Labute approximate surface area is 237 Å². The van der Waals surface area contributed by atoms with Crippen LogP contribution in [0.3, 0.4) is 0 Å². The van der Waals surface area contributed by atoms with Gasteiger partial charge in [0.25, 0.3) is 5.91 Å². The second kappa shape index (κ2) is 17.6. The van der Waals surface area contributed by atoms with Crippen LogP contribution >= 0.6 is 0 Å². The second-order valence-corrected chi connectivity index (χ2v) is 10.1. The highest BCUT2D eigenvalue weighted by atomic mass is 16.7. The lowest BCUT2D eigenvalue weighted by molar-refractivity contribution is -0.158. The lowest BCUT2D eigenvalue weighted by Crippen LogP contribution is -2.42. The van der Waals surface area contributed by atoms with Gasteiger partial charge in [0.15, 0.2) is 0 Å². The molecule has 0 saturated carbocycles. The van der Waals surface area contributed by atoms with Crippen molar-refractivity contribution in [2.45, 2.75) is 70.3 Å². The third-order valence-electron chi connectivity index (χ3n) is 6.68. The van der Waals surface area contributed by atoms with Crippen molar-refractivity contribution in [1.82, 2.24) is 10.8 Å². The zero-order chi connectivity index (χ0) is 28.4. The van der Waals surface area contributed by atoms with Crippen LogP contribution in [0, 0.1) is 0 Å². The second-order valence-electron chi connectivity index (χ2n) is 10.1. The molecular weight excluding hydrogens is 502 g/mol. The Morgan fingerprint density at radius 1 is 0.675 bits per heavy atom. The summed E-state index contributed by atoms with van der Waals surface area (Å²) in [6.07, 6.45) is 7.25. The highest BCUT2D eigenvalue weighted by molar-refractivity contribution is 5.81. The van der Waals surface area contributed by atoms with Crippen molar-refractivity contribution in [3.63, 3.8) is 0 Å². The van der Waals surface area contributed by atoms with Crippen LogP contribution in [0.15, 0.2) is 84.9 Å². The Kier molecular flexibility index (Phi) is 13.4. The molecule has 1 atom stereocenters. The average molecular weight is 544 g/mol. The Hall–Kier alpha value is -3.97. The minimum atomic E-state index is -0.589. The summed E-state index contributed by atoms with van der Waals surface area (Å²) in [4.78, 5) is 41.1. The molecule has 2 amide bonds. The Bertz CT molecular complexity index is 1170. The minimum Gasteiger partial charge on any atom is -0.355 e. The van der Waals surface area contributed by atoms with E-state index < -0.39 is 12.0 Å². The molecule has 0 bridgehead atoms. The topological polar surface area (TPSA) is 111 Å². The van der Waals surface area contributed by atoms with Gasteiger partial charge in [-0.15, -0.1) is 0 Å². The lowest BCUT2D eigenvalue weighted by Gasteiger charge is -2.12. The van der Waals surface area contributed by atoms with Crippen molar-refractivity contribution >= 4 is 17.8 Å². The maximum atomic E-state index is 12.2. The van der Waals surface area contributed by atoms with Crippen molar-refractivity contribution in [2.75, 3.05) is 6.54 Å². The molecule has 0 spiro atoms. The summed E-state index contributed by atoms with van der Waals surface area (Å²) >= 11 is 0. The molecule has 0 heterocycles. The van der Waals surface area contributed by atoms with Crippen molar-refractivity contribution in [2.24, 2.45) is 5.73 Å². The van der Waals surface area contributed by atoms with Crippen LogP contribution in [0.5, 0.6) is 0 Å². The van der Waals surface area contributed by atoms with Crippen molar-refractivity contribution in [3.8, 4) is 0 Å². The Balaban J connectivity index is 1.19. The molecule has 7 heteroatoms. The number of amides is 2. The molecule has 0 aliphatic rings. The van der Waals surface area contributed by atoms with Crippen LogP contribution in [0.2, 0.25) is 0 Å². The van der Waals surface area contributed by atoms with Crippen molar-refractivity contribution in [3.05, 3.63) is 107 Å². The van der Waals surface area contributed by atoms with Gasteiger partial charge in [-0.3, -0.25) is 9.59 Å². The molecule has 0 radical (unpaired) electrons. The summed E-state index contributed by atoms with van der Waals surface area (Å²) in [5.41, 5.74) is 12.7. The number of unbranched alkanes of at least 4 members (excludes halogenated alkanes) is 3. The number of hydrogen-bond donors (Lipinski definition) is 3. The van der Waals surface area contributed by atoms with Gasteiger partial charge in [-0.05, 0) is 67.2 Å². The average Bonchev–Trinajstić information content (AvgIpc) is 2.97. The van der Waals surface area contributed by atoms with E-state index in [0.717, 1.165) is 49.7 Å². The number of aryl methyl sites for hydroxylation is 2. The monoisotopic (exact) mass is 543 g/mol. The van der Waals surface area contributed by atoms with Gasteiger partial charge in [0, 0.05) is 13.0 Å². The largest absolute Gasteiger partial charge is 0.355 e. The van der Waals surface area contributed by atoms with E-state index in [0.29, 0.717) is 19.4 Å². The number of hydroxylamine groups is 1. The highest BCUT2D eigenvalue weighted by Crippen LogP contribution is 2.11. The first kappa shape index (κ1) is 30.6. The fourth-order valence-electron chi connectivity index (χ4n) is 4.39. The van der Waals surface area contributed by atoms with Crippen LogP contribution in [0.1, 0.15) is 60.8 Å². The number of hydrogen-bond acceptors (Lipinski definition) is 5. The number of carbonyl (C=O) groups excluding carboxylic acids is 3. The van der Waals surface area contributed by atoms with Gasteiger partial charge in [-0.2, -0.15) is 5.48 Å². The Morgan fingerprint density at radius 2 is 1.25 bits per heavy atom. The summed E-state index contributed by atoms with van der Waals surface area (Å²) in [6, 6.07) is 27.6. The molecule has 7 nitrogen and oxygen atoms in total. The predicted octanol–water partition coefficient (Wildman–Crippen LogP) is 4.62. The number of rotatable bonds is 16. The number of nitrogens with one attached hydrogen (secondary N) is 2. The molecule has 0 fully saturated rings. The first-order chi connectivity index (χ1) is 19.5. The molecule has 3 aromatic rings. The molecule has 0 aliphatic heterocycles. The van der Waals surface area contributed by atoms with Gasteiger partial charge in [-0.25, -0.2) is 4.79 Å². The third kappa shape index (κ3) is 12.3. The smallest absolute Gasteiger partial charge is 0.332 e. The molecule has 212 valence electrons. The van der Waals surface area contributed by atoms with E-state index in [1.807, 2.05) is 48.5 Å². The SMILES string of the molecule is N[C@@H](Cc1ccccc1)C(=O)NCCCCCC(=O)ONC(=O)Cc1ccc(CCCCc2ccccc2)cc1. The molecule has 0 aromatic heterocycles. The molecule has 3 aromatic carbocycles. The zero-order valence-electron chi connectivity index (χ0n) is 23.1. The van der Waals surface area contributed by atoms with Crippen LogP contribution in [0.25, 0.3) is 0 Å². The van der Waals surface area contributed by atoms with Gasteiger partial charge >= 0.3 is 5.97 Å². The summed E-state index contributed by atoms with van der Waals surface area (Å²) in [5, 5.41) is 2.84. The van der Waals surface area contributed by atoms with Crippen molar-refractivity contribution < 1.29 is 19.2 Å². The standard InChI is InChI=1S/C33H41N3O4/c34-30(24-28-16-6-2-7-17-28)33(39)35-23-11-3-8-18-32(38)40-36-31(37)25-29-21-19-27(20-22-29)15-10-9-14-26-12-4-1-5-13-26/h1-2,4-7,12-13,16-17,19-22,30H,3,8-11,14-15,18,23-25,34H2,(H,35,39)(H,36,37)/t30-/m0/s1. The summed E-state index contributed by atoms with van der Waals surface area (Å²) in [7, 11) is 0. The first-order valence-corrected chi connectivity index (χ1v) is 14.2. The fraction of sp³-hybridized carbons (Fsp3) is 0.364. The van der Waals surface area contributed by atoms with E-state index >= 15 is 0 Å². The Morgan fingerprint density at radius 3 is 1.90 bits per heavy atom. The summed E-state index contributed by atoms with van der Waals surface area (Å²) in [6.45, 7) is 0.500. The van der Waals surface area contributed by atoms with Gasteiger partial charge in [-0.1, -0.05) is 91.3 Å². The van der Waals surface area contributed by atoms with Crippen LogP contribution in [-0.4, -0.2) is 30.4 Å². The normalized spacial score (nSPS) is 11.4. The van der Waals surface area contributed by atoms with E-state index in [2.05, 4.69) is 47.2 Å². The maximum Gasteiger partial charge on any atom is 0.332 e. The summed E-state index contributed by atoms with van der Waals surface area (Å²) < 4.78 is 0. The zero-order valence-corrected chi connectivity index (χ0v) is 23.1. The molecule has 3 rings (SSSR count). The first-order valence-electron chi connectivity index (χ1n) is 14.2. The molecule has 40 heavy (non-hydrogen) atoms. The minimum absolute atomic E-state index is 0.147. The number of benzene rings is 3.